The average Bonchev–Trinajstić information content (AvgIpc) is 2.73. The van der Waals surface area contributed by atoms with Crippen LogP contribution in [0.3, 0.4) is 0 Å². The second-order valence-corrected chi connectivity index (χ2v) is 6.36. The summed E-state index contributed by atoms with van der Waals surface area (Å²) in [6.45, 7) is 3.15. The third-order valence-electron chi connectivity index (χ3n) is 2.43. The third-order valence-corrected chi connectivity index (χ3v) is 4.03. The number of hydrogen-bond donors (Lipinski definition) is 1. The Morgan fingerprint density at radius 3 is 2.76 bits per heavy atom. The first-order chi connectivity index (χ1) is 8.19. The molecule has 1 aromatic carbocycles. The van der Waals surface area contributed by atoms with E-state index in [4.69, 9.17) is 10.5 Å². The van der Waals surface area contributed by atoms with E-state index in [1.54, 1.807) is 11.3 Å². The first-order valence-corrected chi connectivity index (χ1v) is 6.96. The Morgan fingerprint density at radius 2 is 2.12 bits per heavy atom. The molecular weight excluding hydrogens is 298 g/mol. The topological polar surface area (TPSA) is 35.2 Å². The van der Waals surface area contributed by atoms with Gasteiger partial charge in [0.2, 0.25) is 0 Å². The van der Waals surface area contributed by atoms with Crippen molar-refractivity contribution >= 4 is 27.3 Å². The Hall–Kier alpha value is -0.840. The Balaban J connectivity index is 2.08. The molecule has 0 radical (unpaired) electrons. The van der Waals surface area contributed by atoms with Gasteiger partial charge in [0.1, 0.15) is 12.4 Å². The van der Waals surface area contributed by atoms with Crippen LogP contribution in [0.4, 0.5) is 0 Å². The number of halogens is 1. The van der Waals surface area contributed by atoms with Crippen molar-refractivity contribution in [3.63, 3.8) is 0 Å². The van der Waals surface area contributed by atoms with Gasteiger partial charge in [0, 0.05) is 17.0 Å². The van der Waals surface area contributed by atoms with E-state index in [1.165, 1.54) is 10.4 Å². The van der Waals surface area contributed by atoms with Gasteiger partial charge in [-0.3, -0.25) is 0 Å². The maximum atomic E-state index is 5.79. The zero-order chi connectivity index (χ0) is 12.3. The molecule has 0 fully saturated rings. The molecule has 4 heteroatoms. The lowest BCUT2D eigenvalue weighted by Gasteiger charge is -2.10. The summed E-state index contributed by atoms with van der Waals surface area (Å²) in [7, 11) is 0. The highest BCUT2D eigenvalue weighted by atomic mass is 79.9. The largest absolute Gasteiger partial charge is 0.488 e. The fourth-order valence-electron chi connectivity index (χ4n) is 1.59. The third kappa shape index (κ3) is 3.31. The van der Waals surface area contributed by atoms with Crippen molar-refractivity contribution in [2.45, 2.75) is 20.1 Å². The molecule has 90 valence electrons. The Morgan fingerprint density at radius 1 is 1.29 bits per heavy atom. The fourth-order valence-corrected chi connectivity index (χ4v) is 2.98. The number of ether oxygens (including phenoxy) is 1. The number of thiophene rings is 1. The SMILES string of the molecule is Cc1ccc(OCc2ccc(Br)s2)c(CN)c1. The second kappa shape index (κ2) is 5.67. The van der Waals surface area contributed by atoms with Crippen LogP contribution in [0, 0.1) is 6.92 Å². The van der Waals surface area contributed by atoms with E-state index in [9.17, 15) is 0 Å². The van der Waals surface area contributed by atoms with Gasteiger partial charge in [-0.2, -0.15) is 0 Å². The van der Waals surface area contributed by atoms with E-state index in [-0.39, 0.29) is 0 Å². The van der Waals surface area contributed by atoms with E-state index >= 15 is 0 Å². The predicted molar refractivity (Wildman–Crippen MR) is 75.4 cm³/mol. The molecule has 0 spiro atoms. The normalized spacial score (nSPS) is 10.5. The van der Waals surface area contributed by atoms with Crippen molar-refractivity contribution < 1.29 is 4.74 Å². The van der Waals surface area contributed by atoms with Gasteiger partial charge in [-0.25, -0.2) is 0 Å². The van der Waals surface area contributed by atoms with Gasteiger partial charge < -0.3 is 10.5 Å². The first kappa shape index (κ1) is 12.6. The number of hydrogen-bond acceptors (Lipinski definition) is 3. The van der Waals surface area contributed by atoms with Gasteiger partial charge in [-0.05, 0) is 41.1 Å². The van der Waals surface area contributed by atoms with Crippen molar-refractivity contribution in [1.82, 2.24) is 0 Å². The van der Waals surface area contributed by atoms with Crippen LogP contribution >= 0.6 is 27.3 Å². The standard InChI is InChI=1S/C13H14BrNOS/c1-9-2-4-12(10(6-9)7-15)16-8-11-3-5-13(14)17-11/h2-6H,7-8,15H2,1H3. The summed E-state index contributed by atoms with van der Waals surface area (Å²) < 4.78 is 6.92. The van der Waals surface area contributed by atoms with Gasteiger partial charge in [-0.15, -0.1) is 11.3 Å². The summed E-state index contributed by atoms with van der Waals surface area (Å²) in [6.07, 6.45) is 0. The van der Waals surface area contributed by atoms with Crippen LogP contribution in [0.25, 0.3) is 0 Å². The molecule has 2 nitrogen and oxygen atoms in total. The van der Waals surface area contributed by atoms with E-state index in [0.29, 0.717) is 13.2 Å². The molecule has 1 heterocycles. The van der Waals surface area contributed by atoms with Crippen LogP contribution in [-0.4, -0.2) is 0 Å². The highest BCUT2D eigenvalue weighted by Crippen LogP contribution is 2.25. The molecule has 0 saturated heterocycles. The lowest BCUT2D eigenvalue weighted by molar-refractivity contribution is 0.306. The summed E-state index contributed by atoms with van der Waals surface area (Å²) in [6, 6.07) is 10.2. The molecule has 2 aromatic rings. The summed E-state index contributed by atoms with van der Waals surface area (Å²) in [5.41, 5.74) is 7.97. The lowest BCUT2D eigenvalue weighted by atomic mass is 10.1. The predicted octanol–water partition coefficient (Wildman–Crippen LogP) is 3.86. The second-order valence-electron chi connectivity index (χ2n) is 3.81. The molecule has 1 aromatic heterocycles. The number of benzene rings is 1. The van der Waals surface area contributed by atoms with Crippen molar-refractivity contribution in [3.8, 4) is 5.75 Å². The van der Waals surface area contributed by atoms with Crippen molar-refractivity contribution in [1.29, 1.82) is 0 Å². The van der Waals surface area contributed by atoms with Gasteiger partial charge in [0.15, 0.2) is 0 Å². The zero-order valence-electron chi connectivity index (χ0n) is 9.57. The van der Waals surface area contributed by atoms with Crippen molar-refractivity contribution in [3.05, 3.63) is 50.1 Å². The maximum absolute atomic E-state index is 5.79. The molecule has 0 bridgehead atoms. The van der Waals surface area contributed by atoms with Crippen molar-refractivity contribution in [2.75, 3.05) is 0 Å². The monoisotopic (exact) mass is 311 g/mol. The highest BCUT2D eigenvalue weighted by molar-refractivity contribution is 9.11. The molecule has 0 unspecified atom stereocenters. The van der Waals surface area contributed by atoms with E-state index < -0.39 is 0 Å². The Kier molecular flexibility index (Phi) is 4.20. The highest BCUT2D eigenvalue weighted by Gasteiger charge is 2.04. The smallest absolute Gasteiger partial charge is 0.124 e. The quantitative estimate of drug-likeness (QED) is 0.930. The summed E-state index contributed by atoms with van der Waals surface area (Å²) in [4.78, 5) is 1.19. The molecule has 0 saturated carbocycles. The van der Waals surface area contributed by atoms with Crippen LogP contribution in [0.15, 0.2) is 34.1 Å². The van der Waals surface area contributed by atoms with Crippen LogP contribution in [-0.2, 0) is 13.2 Å². The number of nitrogens with two attached hydrogens (primary N) is 1. The van der Waals surface area contributed by atoms with Crippen LogP contribution in [0.2, 0.25) is 0 Å². The van der Waals surface area contributed by atoms with Crippen LogP contribution < -0.4 is 10.5 Å². The summed E-state index contributed by atoms with van der Waals surface area (Å²) >= 11 is 5.12. The summed E-state index contributed by atoms with van der Waals surface area (Å²) in [5, 5.41) is 0. The van der Waals surface area contributed by atoms with Gasteiger partial charge in [-0.1, -0.05) is 17.7 Å². The van der Waals surface area contributed by atoms with Crippen molar-refractivity contribution in [2.24, 2.45) is 5.73 Å². The lowest BCUT2D eigenvalue weighted by Crippen LogP contribution is -2.02. The van der Waals surface area contributed by atoms with E-state index in [2.05, 4.69) is 35.0 Å². The first-order valence-electron chi connectivity index (χ1n) is 5.35. The Bertz CT molecular complexity index is 510. The van der Waals surface area contributed by atoms with E-state index in [1.807, 2.05) is 18.2 Å². The zero-order valence-corrected chi connectivity index (χ0v) is 12.0. The molecule has 2 rings (SSSR count). The minimum absolute atomic E-state index is 0.505. The number of aryl methyl sites for hydroxylation is 1. The molecule has 0 aliphatic carbocycles. The molecule has 0 atom stereocenters. The molecular formula is C13H14BrNOS. The minimum atomic E-state index is 0.505. The van der Waals surface area contributed by atoms with E-state index in [0.717, 1.165) is 15.1 Å². The maximum Gasteiger partial charge on any atom is 0.124 e. The van der Waals surface area contributed by atoms with Gasteiger partial charge in [0.05, 0.1) is 3.79 Å². The molecule has 0 aliphatic rings. The molecule has 17 heavy (non-hydrogen) atoms. The molecule has 0 aliphatic heterocycles. The Labute approximate surface area is 114 Å². The van der Waals surface area contributed by atoms with Crippen LogP contribution in [0.1, 0.15) is 16.0 Å². The molecule has 2 N–H and O–H groups in total. The van der Waals surface area contributed by atoms with Crippen LogP contribution in [0.5, 0.6) is 5.75 Å². The number of rotatable bonds is 4. The average molecular weight is 312 g/mol. The summed E-state index contributed by atoms with van der Waals surface area (Å²) in [5.74, 6) is 0.877. The minimum Gasteiger partial charge on any atom is -0.488 e. The van der Waals surface area contributed by atoms with Gasteiger partial charge >= 0.3 is 0 Å². The molecule has 0 amide bonds. The fraction of sp³-hybridized carbons (Fsp3) is 0.231. The van der Waals surface area contributed by atoms with Gasteiger partial charge in [0.25, 0.3) is 0 Å².